The number of thioether (sulfide) groups is 1. The van der Waals surface area contributed by atoms with Gasteiger partial charge in [0.05, 0.1) is 35.8 Å². The van der Waals surface area contributed by atoms with Crippen molar-refractivity contribution in [1.82, 2.24) is 4.90 Å². The first-order chi connectivity index (χ1) is 19.3. The first-order valence-corrected chi connectivity index (χ1v) is 14.7. The molecule has 4 aliphatic rings. The Morgan fingerprint density at radius 3 is 2.50 bits per heavy atom. The number of fused-ring (bicyclic) bond motifs is 2. The van der Waals surface area contributed by atoms with Crippen molar-refractivity contribution in [2.45, 2.75) is 41.3 Å². The summed E-state index contributed by atoms with van der Waals surface area (Å²) in [6, 6.07) is 15.1. The lowest BCUT2D eigenvalue weighted by molar-refractivity contribution is -0.154. The number of aliphatic hydroxyl groups excluding tert-OH is 1. The number of hydrogen-bond acceptors (Lipinski definition) is 6. The number of hydrogen-bond donors (Lipinski definition) is 1. The van der Waals surface area contributed by atoms with Crippen LogP contribution in [0.3, 0.4) is 0 Å². The Labute approximate surface area is 242 Å². The van der Waals surface area contributed by atoms with Gasteiger partial charge in [0.25, 0.3) is 5.91 Å². The average molecular weight is 579 g/mol. The quantitative estimate of drug-likeness (QED) is 0.426. The maximum absolute atomic E-state index is 14.6. The summed E-state index contributed by atoms with van der Waals surface area (Å²) in [5.74, 6) is -2.57. The zero-order valence-corrected chi connectivity index (χ0v) is 23.7. The molecule has 40 heavy (non-hydrogen) atoms. The molecule has 2 aromatic carbocycles. The zero-order valence-electron chi connectivity index (χ0n) is 22.1. The van der Waals surface area contributed by atoms with Gasteiger partial charge in [0.2, 0.25) is 5.91 Å². The molecule has 0 saturated carbocycles. The Kier molecular flexibility index (Phi) is 7.05. The number of carbonyl (C=O) groups excluding carboxylic acids is 3. The molecule has 2 saturated heterocycles. The number of halogens is 1. The summed E-state index contributed by atoms with van der Waals surface area (Å²) >= 11 is 7.63. The van der Waals surface area contributed by atoms with E-state index in [0.29, 0.717) is 30.1 Å². The number of nitrogens with zero attached hydrogens (tertiary/aromatic N) is 2. The third-order valence-electron chi connectivity index (χ3n) is 8.51. The van der Waals surface area contributed by atoms with E-state index in [1.807, 2.05) is 61.6 Å². The molecule has 0 bridgehead atoms. The maximum Gasteiger partial charge on any atom is 0.311 e. The first kappa shape index (κ1) is 27.1. The van der Waals surface area contributed by atoms with E-state index >= 15 is 0 Å². The Hall–Kier alpha value is -3.07. The molecule has 7 nitrogen and oxygen atoms in total. The molecule has 208 valence electrons. The van der Waals surface area contributed by atoms with E-state index in [2.05, 4.69) is 0 Å². The van der Waals surface area contributed by atoms with Crippen LogP contribution in [0.4, 0.5) is 5.69 Å². The summed E-state index contributed by atoms with van der Waals surface area (Å²) in [6.07, 6.45) is 8.86. The zero-order chi connectivity index (χ0) is 28.1. The average Bonchev–Trinajstić information content (AvgIpc) is 3.27. The number of amides is 2. The fourth-order valence-electron chi connectivity index (χ4n) is 6.81. The molecule has 2 fully saturated rings. The predicted molar refractivity (Wildman–Crippen MR) is 155 cm³/mol. The lowest BCUT2D eigenvalue weighted by Gasteiger charge is -2.40. The fourth-order valence-corrected chi connectivity index (χ4v) is 9.08. The number of anilines is 1. The summed E-state index contributed by atoms with van der Waals surface area (Å²) < 4.78 is 3.86. The van der Waals surface area contributed by atoms with Crippen molar-refractivity contribution in [2.75, 3.05) is 24.7 Å². The summed E-state index contributed by atoms with van der Waals surface area (Å²) in [5, 5.41) is 11.2. The molecule has 0 radical (unpaired) electrons. The van der Waals surface area contributed by atoms with E-state index in [9.17, 15) is 19.5 Å². The second-order valence-corrected chi connectivity index (χ2v) is 13.2. The number of likely N-dealkylation sites (tertiary alicyclic amines) is 1. The van der Waals surface area contributed by atoms with Crippen molar-refractivity contribution in [3.63, 3.8) is 0 Å². The van der Waals surface area contributed by atoms with Gasteiger partial charge in [-0.3, -0.25) is 14.4 Å². The molecule has 0 aliphatic carbocycles. The van der Waals surface area contributed by atoms with Crippen LogP contribution in [0.15, 0.2) is 78.9 Å². The number of aliphatic hydroxyl groups is 1. The highest BCUT2D eigenvalue weighted by molar-refractivity contribution is 8.02. The number of cyclic esters (lactones) is 1. The van der Waals surface area contributed by atoms with Gasteiger partial charge in [-0.2, -0.15) is 0 Å². The fraction of sp³-hybridized carbons (Fsp3) is 0.387. The van der Waals surface area contributed by atoms with Gasteiger partial charge < -0.3 is 19.6 Å². The molecule has 2 amide bonds. The van der Waals surface area contributed by atoms with E-state index in [-0.39, 0.29) is 25.0 Å². The topological polar surface area (TPSA) is 87.1 Å². The van der Waals surface area contributed by atoms with Gasteiger partial charge in [0.1, 0.15) is 6.04 Å². The van der Waals surface area contributed by atoms with Crippen LogP contribution in [0, 0.1) is 11.8 Å². The van der Waals surface area contributed by atoms with Crippen LogP contribution in [-0.2, 0) is 25.5 Å². The standard InChI is InChI=1S/C31H31ClN2O5S/c1-30-14-5-6-17-39-29(38)25(30)24-27(36)34(23(19-35)18-20-8-3-2-4-9-20)26-28(37)33(16-7-15-31(24,26)40-30)22-12-10-21(32)11-13-22/h2-5,7-15,23-26,35H,6,16-19H2,1H3/t23-,24+,25+,26?,30-,31+/m1/s1. The minimum atomic E-state index is -1.02. The van der Waals surface area contributed by atoms with Crippen molar-refractivity contribution >= 4 is 46.8 Å². The second-order valence-electron chi connectivity index (χ2n) is 11.0. The first-order valence-electron chi connectivity index (χ1n) is 13.6. The van der Waals surface area contributed by atoms with Crippen molar-refractivity contribution in [1.29, 1.82) is 0 Å². The third-order valence-corrected chi connectivity index (χ3v) is 10.6. The Balaban J connectivity index is 1.50. The van der Waals surface area contributed by atoms with Crippen LogP contribution in [0.1, 0.15) is 18.9 Å². The molecule has 9 heteroatoms. The van der Waals surface area contributed by atoms with Gasteiger partial charge in [-0.1, -0.05) is 66.2 Å². The lowest BCUT2D eigenvalue weighted by Crippen LogP contribution is -2.57. The van der Waals surface area contributed by atoms with Crippen molar-refractivity contribution in [2.24, 2.45) is 11.8 Å². The number of carbonyl (C=O) groups is 3. The van der Waals surface area contributed by atoms with E-state index in [1.165, 1.54) is 11.8 Å². The molecule has 2 aromatic rings. The number of benzene rings is 2. The summed E-state index contributed by atoms with van der Waals surface area (Å²) in [4.78, 5) is 45.9. The molecule has 0 aromatic heterocycles. The van der Waals surface area contributed by atoms with Gasteiger partial charge in [-0.25, -0.2) is 0 Å². The molecule has 4 aliphatic heterocycles. The molecule has 1 unspecified atom stereocenters. The van der Waals surface area contributed by atoms with E-state index < -0.39 is 39.4 Å². The van der Waals surface area contributed by atoms with Crippen LogP contribution in [0.2, 0.25) is 5.02 Å². The highest BCUT2D eigenvalue weighted by atomic mass is 35.5. The van der Waals surface area contributed by atoms with Gasteiger partial charge >= 0.3 is 5.97 Å². The smallest absolute Gasteiger partial charge is 0.311 e. The van der Waals surface area contributed by atoms with Gasteiger partial charge in [-0.05, 0) is 49.6 Å². The van der Waals surface area contributed by atoms with Crippen molar-refractivity contribution in [3.05, 3.63) is 89.5 Å². The van der Waals surface area contributed by atoms with Crippen molar-refractivity contribution in [3.8, 4) is 0 Å². The van der Waals surface area contributed by atoms with Crippen LogP contribution in [-0.4, -0.2) is 69.1 Å². The van der Waals surface area contributed by atoms with E-state index in [0.717, 1.165) is 5.56 Å². The number of ether oxygens (including phenoxy) is 1. The highest BCUT2D eigenvalue weighted by Crippen LogP contribution is 2.65. The third kappa shape index (κ3) is 4.28. The van der Waals surface area contributed by atoms with Crippen LogP contribution >= 0.6 is 23.4 Å². The molecule has 6 atom stereocenters. The Morgan fingerprint density at radius 1 is 1.02 bits per heavy atom. The molecule has 4 heterocycles. The molecule has 1 spiro atoms. The second kappa shape index (κ2) is 10.4. The molecule has 1 N–H and O–H groups in total. The van der Waals surface area contributed by atoms with E-state index in [1.54, 1.807) is 34.1 Å². The predicted octanol–water partition coefficient (Wildman–Crippen LogP) is 4.04. The summed E-state index contributed by atoms with van der Waals surface area (Å²) in [7, 11) is 0. The maximum atomic E-state index is 14.6. The summed E-state index contributed by atoms with van der Waals surface area (Å²) in [6.45, 7) is 2.19. The van der Waals surface area contributed by atoms with Crippen LogP contribution in [0.5, 0.6) is 0 Å². The number of esters is 1. The Morgan fingerprint density at radius 2 is 1.77 bits per heavy atom. The minimum absolute atomic E-state index is 0.250. The SMILES string of the molecule is C[C@@]12C=CCCOC(=O)[C@@H]1[C@H]1C(=O)N([C@@H](CO)Cc3ccccc3)C3C(=O)N(c4ccc(Cl)cc4)CC=C[C@@]31S2. The van der Waals surface area contributed by atoms with Gasteiger partial charge in [0.15, 0.2) is 0 Å². The molecule has 6 rings (SSSR count). The lowest BCUT2D eigenvalue weighted by atomic mass is 9.74. The Bertz CT molecular complexity index is 1380. The summed E-state index contributed by atoms with van der Waals surface area (Å²) in [5.41, 5.74) is 1.60. The van der Waals surface area contributed by atoms with Crippen molar-refractivity contribution < 1.29 is 24.2 Å². The van der Waals surface area contributed by atoms with Gasteiger partial charge in [-0.15, -0.1) is 11.8 Å². The number of rotatable bonds is 5. The normalized spacial score (nSPS) is 32.1. The highest BCUT2D eigenvalue weighted by Gasteiger charge is 2.74. The largest absolute Gasteiger partial charge is 0.465 e. The molecular formula is C31H31ClN2O5S. The monoisotopic (exact) mass is 578 g/mol. The van der Waals surface area contributed by atoms with E-state index in [4.69, 9.17) is 16.3 Å². The minimum Gasteiger partial charge on any atom is -0.465 e. The van der Waals surface area contributed by atoms with Gasteiger partial charge in [0, 0.05) is 22.0 Å². The van der Waals surface area contributed by atoms with Crippen LogP contribution < -0.4 is 4.90 Å². The molecular weight excluding hydrogens is 548 g/mol. The van der Waals surface area contributed by atoms with Crippen LogP contribution in [0.25, 0.3) is 0 Å².